The zero-order valence-corrected chi connectivity index (χ0v) is 7.49. The molecule has 0 bridgehead atoms. The lowest BCUT2D eigenvalue weighted by atomic mass is 10.1. The molecule has 0 fully saturated rings. The zero-order valence-electron chi connectivity index (χ0n) is 7.49. The van der Waals surface area contributed by atoms with Gasteiger partial charge in [-0.15, -0.1) is 0 Å². The van der Waals surface area contributed by atoms with Crippen LogP contribution in [0.15, 0.2) is 36.5 Å². The number of nitrogen functional groups attached to an aromatic ring is 1. The fourth-order valence-electron chi connectivity index (χ4n) is 1.77. The summed E-state index contributed by atoms with van der Waals surface area (Å²) in [7, 11) is 0. The van der Waals surface area contributed by atoms with Crippen LogP contribution in [0.25, 0.3) is 21.7 Å². The number of hydrogen-bond acceptors (Lipinski definition) is 2. The van der Waals surface area contributed by atoms with Crippen molar-refractivity contribution in [2.24, 2.45) is 0 Å². The highest BCUT2D eigenvalue weighted by molar-refractivity contribution is 6.05. The molecule has 0 saturated heterocycles. The van der Waals surface area contributed by atoms with Crippen molar-refractivity contribution in [1.82, 2.24) is 9.97 Å². The normalized spacial score (nSPS) is 11.1. The van der Waals surface area contributed by atoms with Gasteiger partial charge in [-0.05, 0) is 5.39 Å². The van der Waals surface area contributed by atoms with Gasteiger partial charge in [-0.2, -0.15) is 0 Å². The summed E-state index contributed by atoms with van der Waals surface area (Å²) in [5.41, 5.74) is 6.67. The van der Waals surface area contributed by atoms with Crippen LogP contribution in [0, 0.1) is 0 Å². The first-order chi connectivity index (χ1) is 6.84. The molecule has 68 valence electrons. The number of fused-ring (bicyclic) bond motifs is 3. The smallest absolute Gasteiger partial charge is 0.197 e. The second-order valence-corrected chi connectivity index (χ2v) is 3.33. The second-order valence-electron chi connectivity index (χ2n) is 3.33. The van der Waals surface area contributed by atoms with E-state index in [-0.39, 0.29) is 0 Å². The molecule has 2 aromatic carbocycles. The number of anilines is 1. The van der Waals surface area contributed by atoms with Crippen molar-refractivity contribution >= 4 is 27.6 Å². The maximum atomic E-state index is 5.62. The third kappa shape index (κ3) is 0.893. The number of benzene rings is 1. The van der Waals surface area contributed by atoms with E-state index in [1.165, 1.54) is 10.8 Å². The molecule has 3 heteroatoms. The summed E-state index contributed by atoms with van der Waals surface area (Å²) in [6.07, 6.45) is 1.79. The van der Waals surface area contributed by atoms with Gasteiger partial charge >= 0.3 is 0 Å². The Morgan fingerprint density at radius 1 is 1.07 bits per heavy atom. The van der Waals surface area contributed by atoms with Crippen LogP contribution in [0.3, 0.4) is 0 Å². The van der Waals surface area contributed by atoms with Crippen LogP contribution in [-0.2, 0) is 0 Å². The lowest BCUT2D eigenvalue weighted by molar-refractivity contribution is 1.24. The SMILES string of the molecule is Nc1ncc2ccc3cccc3c2[nH]1. The number of aromatic nitrogens is 2. The van der Waals surface area contributed by atoms with E-state index in [1.54, 1.807) is 6.20 Å². The number of nitrogens with one attached hydrogen (secondary N) is 1. The Labute approximate surface area is 80.6 Å². The number of nitrogens with zero attached hydrogens (tertiary/aromatic N) is 1. The molecule has 0 atom stereocenters. The van der Waals surface area contributed by atoms with Gasteiger partial charge < -0.3 is 10.7 Å². The highest BCUT2D eigenvalue weighted by Crippen LogP contribution is 2.24. The monoisotopic (exact) mass is 183 g/mol. The molecule has 3 aromatic rings. The van der Waals surface area contributed by atoms with Crippen molar-refractivity contribution in [3.05, 3.63) is 36.5 Å². The molecule has 3 nitrogen and oxygen atoms in total. The van der Waals surface area contributed by atoms with Crippen molar-refractivity contribution < 1.29 is 0 Å². The van der Waals surface area contributed by atoms with Gasteiger partial charge in [0.05, 0.1) is 5.52 Å². The Bertz CT molecular complexity index is 610. The average Bonchev–Trinajstić information content (AvgIpc) is 2.65. The van der Waals surface area contributed by atoms with Gasteiger partial charge in [0, 0.05) is 17.0 Å². The molecule has 0 spiro atoms. The van der Waals surface area contributed by atoms with E-state index in [2.05, 4.69) is 28.2 Å². The molecule has 1 heterocycles. The van der Waals surface area contributed by atoms with E-state index >= 15 is 0 Å². The molecule has 0 unspecified atom stereocenters. The van der Waals surface area contributed by atoms with Crippen molar-refractivity contribution in [2.75, 3.05) is 5.73 Å². The summed E-state index contributed by atoms with van der Waals surface area (Å²) >= 11 is 0. The van der Waals surface area contributed by atoms with E-state index in [0.29, 0.717) is 5.95 Å². The Morgan fingerprint density at radius 2 is 1.93 bits per heavy atom. The molecule has 1 aromatic heterocycles. The van der Waals surface area contributed by atoms with Crippen LogP contribution in [0.1, 0.15) is 0 Å². The Hall–Kier alpha value is -2.03. The van der Waals surface area contributed by atoms with Gasteiger partial charge in [0.25, 0.3) is 0 Å². The van der Waals surface area contributed by atoms with E-state index in [9.17, 15) is 0 Å². The quantitative estimate of drug-likeness (QED) is 0.561. The molecule has 0 aliphatic carbocycles. The minimum absolute atomic E-state index is 0.450. The first-order valence-corrected chi connectivity index (χ1v) is 4.46. The molecule has 3 rings (SSSR count). The van der Waals surface area contributed by atoms with E-state index < -0.39 is 0 Å². The maximum Gasteiger partial charge on any atom is 0.197 e. The van der Waals surface area contributed by atoms with Gasteiger partial charge in [-0.25, -0.2) is 4.98 Å². The molecular weight excluding hydrogens is 174 g/mol. The standard InChI is InChI=1S/C11H9N3/c12-11-13-6-8-5-4-7-2-1-3-9(7)10(8)14-11/h1-6H,(H3,12,13,14). The third-order valence-corrected chi connectivity index (χ3v) is 2.45. The zero-order chi connectivity index (χ0) is 9.54. The molecule has 3 N–H and O–H groups in total. The molecule has 0 saturated carbocycles. The first kappa shape index (κ1) is 7.38. The Balaban J connectivity index is 2.60. The van der Waals surface area contributed by atoms with Crippen molar-refractivity contribution in [3.63, 3.8) is 0 Å². The fraction of sp³-hybridized carbons (Fsp3) is 0. The second kappa shape index (κ2) is 2.48. The number of aromatic amines is 1. The van der Waals surface area contributed by atoms with E-state index in [0.717, 1.165) is 10.9 Å². The average molecular weight is 183 g/mol. The lowest BCUT2D eigenvalue weighted by Gasteiger charge is -2.01. The summed E-state index contributed by atoms with van der Waals surface area (Å²) in [5, 5.41) is 3.49. The molecule has 14 heavy (non-hydrogen) atoms. The molecule has 0 amide bonds. The van der Waals surface area contributed by atoms with Crippen LogP contribution < -0.4 is 5.73 Å². The molecule has 0 radical (unpaired) electrons. The van der Waals surface area contributed by atoms with Crippen LogP contribution in [0.2, 0.25) is 0 Å². The fourth-order valence-corrected chi connectivity index (χ4v) is 1.77. The van der Waals surface area contributed by atoms with Crippen molar-refractivity contribution in [3.8, 4) is 0 Å². The predicted octanol–water partition coefficient (Wildman–Crippen LogP) is 2.30. The van der Waals surface area contributed by atoms with Gasteiger partial charge in [0.15, 0.2) is 5.95 Å². The number of rotatable bonds is 0. The highest BCUT2D eigenvalue weighted by Gasteiger charge is 2.01. The van der Waals surface area contributed by atoms with Gasteiger partial charge in [-0.3, -0.25) is 0 Å². The van der Waals surface area contributed by atoms with Crippen molar-refractivity contribution in [1.29, 1.82) is 0 Å². The van der Waals surface area contributed by atoms with Crippen LogP contribution in [0.4, 0.5) is 5.95 Å². The summed E-state index contributed by atoms with van der Waals surface area (Å²) in [4.78, 5) is 7.11. The summed E-state index contributed by atoms with van der Waals surface area (Å²) in [6.45, 7) is 0. The van der Waals surface area contributed by atoms with E-state index in [4.69, 9.17) is 5.73 Å². The molecule has 0 aliphatic rings. The van der Waals surface area contributed by atoms with Gasteiger partial charge in [0.2, 0.25) is 0 Å². The third-order valence-electron chi connectivity index (χ3n) is 2.45. The van der Waals surface area contributed by atoms with Gasteiger partial charge in [-0.1, -0.05) is 30.3 Å². The topological polar surface area (TPSA) is 54.7 Å². The minimum atomic E-state index is 0.450. The number of hydrogen-bond donors (Lipinski definition) is 2. The summed E-state index contributed by atoms with van der Waals surface area (Å²) in [5.74, 6) is 0.450. The minimum Gasteiger partial charge on any atom is -0.369 e. The van der Waals surface area contributed by atoms with Gasteiger partial charge in [0.1, 0.15) is 0 Å². The Kier molecular flexibility index (Phi) is 1.31. The first-order valence-electron chi connectivity index (χ1n) is 4.46. The number of nitrogens with two attached hydrogens (primary N) is 1. The highest BCUT2D eigenvalue weighted by atomic mass is 15.0. The predicted molar refractivity (Wildman–Crippen MR) is 58.0 cm³/mol. The summed E-state index contributed by atoms with van der Waals surface area (Å²) in [6, 6.07) is 10.3. The number of H-pyrrole nitrogens is 1. The Morgan fingerprint density at radius 3 is 2.86 bits per heavy atom. The molecule has 0 aliphatic heterocycles. The largest absolute Gasteiger partial charge is 0.369 e. The lowest BCUT2D eigenvalue weighted by Crippen LogP contribution is -1.93. The van der Waals surface area contributed by atoms with Crippen LogP contribution in [0.5, 0.6) is 0 Å². The van der Waals surface area contributed by atoms with E-state index in [1.807, 2.05) is 12.1 Å². The maximum absolute atomic E-state index is 5.62. The van der Waals surface area contributed by atoms with Crippen molar-refractivity contribution in [2.45, 2.75) is 0 Å². The molecular formula is C11H9N3. The van der Waals surface area contributed by atoms with Crippen LogP contribution >= 0.6 is 0 Å². The summed E-state index contributed by atoms with van der Waals surface area (Å²) < 4.78 is 0. The van der Waals surface area contributed by atoms with Crippen LogP contribution in [-0.4, -0.2) is 9.97 Å².